The summed E-state index contributed by atoms with van der Waals surface area (Å²) in [6.07, 6.45) is 2.77. The largest absolute Gasteiger partial charge is 0.481 e. The molecule has 2 aliphatic rings. The number of halogens is 2. The van der Waals surface area contributed by atoms with Crippen molar-refractivity contribution in [2.24, 2.45) is 5.92 Å². The molecule has 0 spiro atoms. The van der Waals surface area contributed by atoms with E-state index in [2.05, 4.69) is 20.1 Å². The van der Waals surface area contributed by atoms with Crippen LogP contribution < -0.4 is 9.64 Å². The summed E-state index contributed by atoms with van der Waals surface area (Å²) in [5.41, 5.74) is 1.77. The number of piperidine rings is 1. The van der Waals surface area contributed by atoms with Crippen LogP contribution in [0.5, 0.6) is 5.88 Å². The van der Waals surface area contributed by atoms with Crippen LogP contribution in [-0.2, 0) is 16.8 Å². The maximum absolute atomic E-state index is 13.5. The maximum atomic E-state index is 13.5. The van der Waals surface area contributed by atoms with Gasteiger partial charge in [-0.15, -0.1) is 10.2 Å². The Kier molecular flexibility index (Phi) is 4.63. The molecule has 1 aromatic carbocycles. The first-order valence-corrected chi connectivity index (χ1v) is 10.1. The molecule has 1 saturated heterocycles. The van der Waals surface area contributed by atoms with Crippen LogP contribution in [-0.4, -0.2) is 47.1 Å². The Balaban J connectivity index is 1.49. The molecule has 0 amide bonds. The lowest BCUT2D eigenvalue weighted by molar-refractivity contribution is 0.176. The van der Waals surface area contributed by atoms with Crippen LogP contribution in [0.4, 0.5) is 10.3 Å². The lowest BCUT2D eigenvalue weighted by Crippen LogP contribution is -2.29. The number of ether oxygens (including phenoxy) is 2. The molecule has 30 heavy (non-hydrogen) atoms. The maximum Gasteiger partial charge on any atom is 0.232 e. The summed E-state index contributed by atoms with van der Waals surface area (Å²) in [5, 5.41) is 9.29. The Morgan fingerprint density at radius 1 is 1.23 bits per heavy atom. The molecular formula is C21H21ClFN5O2. The molecule has 2 fully saturated rings. The van der Waals surface area contributed by atoms with Crippen LogP contribution >= 0.6 is 11.6 Å². The topological polar surface area (TPSA) is 65.3 Å². The van der Waals surface area contributed by atoms with Crippen molar-refractivity contribution in [1.82, 2.24) is 19.7 Å². The highest BCUT2D eigenvalue weighted by Crippen LogP contribution is 2.60. The van der Waals surface area contributed by atoms with Gasteiger partial charge in [-0.05, 0) is 36.1 Å². The summed E-state index contributed by atoms with van der Waals surface area (Å²) in [6.45, 7) is 1.91. The van der Waals surface area contributed by atoms with Crippen LogP contribution in [0.15, 0.2) is 36.5 Å². The van der Waals surface area contributed by atoms with E-state index >= 15 is 0 Å². The highest BCUT2D eigenvalue weighted by atomic mass is 35.5. The molecule has 5 rings (SSSR count). The fourth-order valence-electron chi connectivity index (χ4n) is 4.57. The summed E-state index contributed by atoms with van der Waals surface area (Å²) in [5.74, 6) is 2.09. The fourth-order valence-corrected chi connectivity index (χ4v) is 4.93. The molecule has 0 radical (unpaired) electrons. The molecule has 1 aliphatic heterocycles. The van der Waals surface area contributed by atoms with Gasteiger partial charge < -0.3 is 14.4 Å². The smallest absolute Gasteiger partial charge is 0.232 e. The summed E-state index contributed by atoms with van der Waals surface area (Å²) in [7, 11) is 3.21. The molecule has 156 valence electrons. The average Bonchev–Trinajstić information content (AvgIpc) is 3.09. The third kappa shape index (κ3) is 3.02. The minimum atomic E-state index is -0.317. The minimum Gasteiger partial charge on any atom is -0.481 e. The van der Waals surface area contributed by atoms with E-state index in [1.165, 1.54) is 12.1 Å². The third-order valence-electron chi connectivity index (χ3n) is 6.07. The molecule has 2 unspecified atom stereocenters. The number of rotatable bonds is 6. The first-order valence-electron chi connectivity index (χ1n) is 9.70. The number of methoxy groups -OCH3 is 2. The van der Waals surface area contributed by atoms with Crippen LogP contribution in [0.25, 0.3) is 5.69 Å². The van der Waals surface area contributed by atoms with E-state index < -0.39 is 0 Å². The van der Waals surface area contributed by atoms with E-state index in [9.17, 15) is 4.39 Å². The van der Waals surface area contributed by atoms with Gasteiger partial charge in [0, 0.05) is 36.7 Å². The van der Waals surface area contributed by atoms with Crippen molar-refractivity contribution >= 4 is 17.5 Å². The van der Waals surface area contributed by atoms with Gasteiger partial charge in [-0.2, -0.15) is 0 Å². The minimum absolute atomic E-state index is 0.0683. The van der Waals surface area contributed by atoms with E-state index in [0.29, 0.717) is 29.3 Å². The van der Waals surface area contributed by atoms with E-state index in [1.54, 1.807) is 26.5 Å². The van der Waals surface area contributed by atoms with Gasteiger partial charge in [-0.1, -0.05) is 17.7 Å². The Morgan fingerprint density at radius 2 is 2.10 bits per heavy atom. The van der Waals surface area contributed by atoms with E-state index in [-0.39, 0.29) is 11.2 Å². The predicted molar refractivity (Wildman–Crippen MR) is 110 cm³/mol. The van der Waals surface area contributed by atoms with Gasteiger partial charge in [0.1, 0.15) is 12.4 Å². The number of hydrogen-bond acceptors (Lipinski definition) is 6. The van der Waals surface area contributed by atoms with Gasteiger partial charge >= 0.3 is 0 Å². The van der Waals surface area contributed by atoms with E-state index in [1.807, 2.05) is 16.7 Å². The zero-order valence-electron chi connectivity index (χ0n) is 16.7. The fraction of sp³-hybridized carbons (Fsp3) is 0.381. The molecule has 2 aromatic heterocycles. The van der Waals surface area contributed by atoms with Gasteiger partial charge in [-0.25, -0.2) is 9.37 Å². The molecular weight excluding hydrogens is 409 g/mol. The van der Waals surface area contributed by atoms with Crippen LogP contribution in [0, 0.1) is 11.7 Å². The standard InChI is InChI=1S/C21H21ClFN5O2/c1-29-11-18-25-26-20(28(18)15-4-6-19(30-2)24-9-15)27-10-13-8-21(13,12-27)16-5-3-14(23)7-17(16)22/h3-7,9,13H,8,10-12H2,1-2H3. The molecule has 0 N–H and O–H groups in total. The number of benzene rings is 1. The van der Waals surface area contributed by atoms with E-state index in [0.717, 1.165) is 36.7 Å². The highest BCUT2D eigenvalue weighted by Gasteiger charge is 2.62. The lowest BCUT2D eigenvalue weighted by atomic mass is 9.95. The molecule has 3 aromatic rings. The number of aromatic nitrogens is 4. The van der Waals surface area contributed by atoms with Gasteiger partial charge in [0.25, 0.3) is 0 Å². The zero-order chi connectivity index (χ0) is 20.9. The van der Waals surface area contributed by atoms with Gasteiger partial charge in [-0.3, -0.25) is 4.57 Å². The average molecular weight is 430 g/mol. The Hall–Kier alpha value is -2.71. The van der Waals surface area contributed by atoms with Gasteiger partial charge in [0.05, 0.1) is 19.0 Å². The summed E-state index contributed by atoms with van der Waals surface area (Å²) >= 11 is 6.39. The summed E-state index contributed by atoms with van der Waals surface area (Å²) in [4.78, 5) is 6.53. The van der Waals surface area contributed by atoms with Crippen molar-refractivity contribution in [3.8, 4) is 11.6 Å². The number of anilines is 1. The Bertz CT molecular complexity index is 1090. The monoisotopic (exact) mass is 429 g/mol. The quantitative estimate of drug-likeness (QED) is 0.598. The number of fused-ring (bicyclic) bond motifs is 1. The first-order chi connectivity index (χ1) is 14.6. The second-order valence-corrected chi connectivity index (χ2v) is 8.21. The van der Waals surface area contributed by atoms with Gasteiger partial charge in [0.15, 0.2) is 5.82 Å². The van der Waals surface area contributed by atoms with E-state index in [4.69, 9.17) is 21.1 Å². The Labute approximate surface area is 178 Å². The van der Waals surface area contributed by atoms with Crippen molar-refractivity contribution in [3.05, 3.63) is 58.8 Å². The molecule has 1 aliphatic carbocycles. The van der Waals surface area contributed by atoms with Crippen molar-refractivity contribution in [1.29, 1.82) is 0 Å². The SMILES string of the molecule is COCc1nnc(N2CC3CC3(c3ccc(F)cc3Cl)C2)n1-c1ccc(OC)nc1. The second kappa shape index (κ2) is 7.21. The van der Waals surface area contributed by atoms with Crippen LogP contribution in [0.3, 0.4) is 0 Å². The molecule has 0 bridgehead atoms. The van der Waals surface area contributed by atoms with Crippen molar-refractivity contribution in [3.63, 3.8) is 0 Å². The molecule has 2 atom stereocenters. The van der Waals surface area contributed by atoms with Gasteiger partial charge in [0.2, 0.25) is 11.8 Å². The number of nitrogens with zero attached hydrogens (tertiary/aromatic N) is 5. The molecule has 9 heteroatoms. The number of hydrogen-bond donors (Lipinski definition) is 0. The van der Waals surface area contributed by atoms with Crippen LogP contribution in [0.1, 0.15) is 17.8 Å². The first kappa shape index (κ1) is 19.3. The molecule has 3 heterocycles. The number of pyridine rings is 1. The Morgan fingerprint density at radius 3 is 2.80 bits per heavy atom. The molecule has 7 nitrogen and oxygen atoms in total. The lowest BCUT2D eigenvalue weighted by Gasteiger charge is -2.23. The summed E-state index contributed by atoms with van der Waals surface area (Å²) in [6, 6.07) is 8.41. The zero-order valence-corrected chi connectivity index (χ0v) is 17.4. The summed E-state index contributed by atoms with van der Waals surface area (Å²) < 4.78 is 26.0. The van der Waals surface area contributed by atoms with Crippen molar-refractivity contribution in [2.75, 3.05) is 32.2 Å². The third-order valence-corrected chi connectivity index (χ3v) is 6.38. The normalized spacial score (nSPS) is 22.3. The highest BCUT2D eigenvalue weighted by molar-refractivity contribution is 6.31. The second-order valence-electron chi connectivity index (χ2n) is 7.81. The van der Waals surface area contributed by atoms with Crippen molar-refractivity contribution < 1.29 is 13.9 Å². The molecule has 1 saturated carbocycles. The van der Waals surface area contributed by atoms with Crippen LogP contribution in [0.2, 0.25) is 5.02 Å². The van der Waals surface area contributed by atoms with Crippen molar-refractivity contribution in [2.45, 2.75) is 18.4 Å². The predicted octanol–water partition coefficient (Wildman–Crippen LogP) is 3.39.